The normalized spacial score (nSPS) is 12.8. The van der Waals surface area contributed by atoms with Gasteiger partial charge in [-0.3, -0.25) is 10.0 Å². The lowest BCUT2D eigenvalue weighted by Gasteiger charge is -2.15. The number of hydrogen-bond acceptors (Lipinski definition) is 5. The van der Waals surface area contributed by atoms with Crippen LogP contribution in [-0.4, -0.2) is 34.8 Å². The van der Waals surface area contributed by atoms with Gasteiger partial charge in [0.05, 0.1) is 11.7 Å². The fourth-order valence-corrected chi connectivity index (χ4v) is 4.29. The van der Waals surface area contributed by atoms with E-state index in [1.165, 1.54) is 17.0 Å². The molecule has 0 aliphatic rings. The minimum absolute atomic E-state index is 0.0821. The van der Waals surface area contributed by atoms with Crippen LogP contribution < -0.4 is 5.48 Å². The highest BCUT2D eigenvalue weighted by Crippen LogP contribution is 2.17. The second-order valence-corrected chi connectivity index (χ2v) is 7.58. The average Bonchev–Trinajstić information content (AvgIpc) is 3.01. The summed E-state index contributed by atoms with van der Waals surface area (Å²) in [6, 6.07) is 9.74. The van der Waals surface area contributed by atoms with Gasteiger partial charge < -0.3 is 4.57 Å². The second-order valence-electron chi connectivity index (χ2n) is 5.65. The quantitative estimate of drug-likeness (QED) is 0.552. The molecule has 2 aromatic rings. The number of rotatable bonds is 8. The average molecular weight is 351 g/mol. The van der Waals surface area contributed by atoms with E-state index in [-0.39, 0.29) is 10.9 Å². The van der Waals surface area contributed by atoms with Gasteiger partial charge in [0.1, 0.15) is 0 Å². The maximum absolute atomic E-state index is 12.4. The van der Waals surface area contributed by atoms with E-state index in [2.05, 4.69) is 4.98 Å². The highest BCUT2D eigenvalue weighted by molar-refractivity contribution is 7.91. The van der Waals surface area contributed by atoms with Gasteiger partial charge in [-0.05, 0) is 24.8 Å². The minimum atomic E-state index is -3.72. The molecule has 0 radical (unpaired) electrons. The summed E-state index contributed by atoms with van der Waals surface area (Å²) in [5.41, 5.74) is 2.68. The lowest BCUT2D eigenvalue weighted by molar-refractivity contribution is -0.132. The molecule has 2 rings (SSSR count). The number of sulfone groups is 1. The summed E-state index contributed by atoms with van der Waals surface area (Å²) in [5, 5.41) is 8.81. The van der Waals surface area contributed by atoms with E-state index in [0.29, 0.717) is 12.8 Å². The number of carbonyl (C=O) groups is 1. The summed E-state index contributed by atoms with van der Waals surface area (Å²) in [5.74, 6) is -1.92. The van der Waals surface area contributed by atoms with Crippen LogP contribution in [0.5, 0.6) is 0 Å². The Bertz CT molecular complexity index is 772. The third-order valence-electron chi connectivity index (χ3n) is 3.82. The fourth-order valence-electron chi connectivity index (χ4n) is 2.57. The van der Waals surface area contributed by atoms with Gasteiger partial charge in [0.2, 0.25) is 20.9 Å². The molecule has 8 heteroatoms. The molecule has 0 fully saturated rings. The minimum Gasteiger partial charge on any atom is -0.325 e. The highest BCUT2D eigenvalue weighted by atomic mass is 32.2. The van der Waals surface area contributed by atoms with Crippen molar-refractivity contribution in [1.82, 2.24) is 15.0 Å². The maximum atomic E-state index is 12.4. The Labute approximate surface area is 141 Å². The predicted molar refractivity (Wildman–Crippen MR) is 88.1 cm³/mol. The van der Waals surface area contributed by atoms with Crippen LogP contribution in [0.15, 0.2) is 47.9 Å². The number of hydrogen-bond donors (Lipinski definition) is 2. The number of nitrogens with one attached hydrogen (secondary N) is 1. The lowest BCUT2D eigenvalue weighted by Crippen LogP contribution is -2.33. The van der Waals surface area contributed by atoms with Crippen molar-refractivity contribution in [3.05, 3.63) is 48.3 Å². The molecule has 1 heterocycles. The lowest BCUT2D eigenvalue weighted by atomic mass is 10.0. The van der Waals surface area contributed by atoms with Gasteiger partial charge in [0.25, 0.3) is 0 Å². The van der Waals surface area contributed by atoms with Gasteiger partial charge in [-0.25, -0.2) is 18.9 Å². The molecule has 1 amide bonds. The van der Waals surface area contributed by atoms with E-state index in [9.17, 15) is 13.2 Å². The Kier molecular flexibility index (Phi) is 6.10. The fraction of sp³-hybridized carbons (Fsp3) is 0.375. The van der Waals surface area contributed by atoms with Crippen LogP contribution in [0.25, 0.3) is 0 Å². The van der Waals surface area contributed by atoms with Crippen LogP contribution >= 0.6 is 0 Å². The number of benzene rings is 1. The second kappa shape index (κ2) is 8.07. The van der Waals surface area contributed by atoms with Crippen LogP contribution in [0, 0.1) is 5.92 Å². The summed E-state index contributed by atoms with van der Waals surface area (Å²) in [4.78, 5) is 15.7. The molecular formula is C16H21N3O4S. The van der Waals surface area contributed by atoms with Crippen LogP contribution in [0.3, 0.4) is 0 Å². The van der Waals surface area contributed by atoms with Crippen molar-refractivity contribution >= 4 is 15.7 Å². The Morgan fingerprint density at radius 3 is 2.62 bits per heavy atom. The molecule has 0 aliphatic carbocycles. The van der Waals surface area contributed by atoms with Gasteiger partial charge in [-0.2, -0.15) is 0 Å². The molecule has 7 nitrogen and oxygen atoms in total. The van der Waals surface area contributed by atoms with E-state index in [4.69, 9.17) is 5.21 Å². The van der Waals surface area contributed by atoms with Crippen LogP contribution in [0.4, 0.5) is 0 Å². The number of imidazole rings is 1. The number of aryl methyl sites for hydroxylation is 2. The van der Waals surface area contributed by atoms with Crippen LogP contribution in [0.1, 0.15) is 18.4 Å². The van der Waals surface area contributed by atoms with Crippen LogP contribution in [-0.2, 0) is 28.1 Å². The Morgan fingerprint density at radius 1 is 1.33 bits per heavy atom. The van der Waals surface area contributed by atoms with Crippen molar-refractivity contribution in [2.75, 3.05) is 5.75 Å². The van der Waals surface area contributed by atoms with Crippen molar-refractivity contribution < 1.29 is 18.4 Å². The molecule has 1 aromatic heterocycles. The van der Waals surface area contributed by atoms with Crippen LogP contribution in [0.2, 0.25) is 0 Å². The van der Waals surface area contributed by atoms with Crippen molar-refractivity contribution in [1.29, 1.82) is 0 Å². The first kappa shape index (κ1) is 18.2. The molecule has 0 bridgehead atoms. The van der Waals surface area contributed by atoms with Crippen molar-refractivity contribution in [3.63, 3.8) is 0 Å². The number of amides is 1. The van der Waals surface area contributed by atoms with Gasteiger partial charge in [0.15, 0.2) is 0 Å². The highest BCUT2D eigenvalue weighted by Gasteiger charge is 2.28. The standard InChI is InChI=1S/C16H21N3O4S/c1-19-11-10-17-16(19)24(22,23)12-14(15(20)18-21)9-5-8-13-6-3-2-4-7-13/h2-4,6-7,10-11,14,21H,5,8-9,12H2,1H3,(H,18,20). The zero-order chi connectivity index (χ0) is 17.6. The van der Waals surface area contributed by atoms with Gasteiger partial charge in [0, 0.05) is 19.4 Å². The third kappa shape index (κ3) is 4.65. The molecule has 2 N–H and O–H groups in total. The summed E-state index contributed by atoms with van der Waals surface area (Å²) in [7, 11) is -2.14. The largest absolute Gasteiger partial charge is 0.325 e. The monoisotopic (exact) mass is 351 g/mol. The Morgan fingerprint density at radius 2 is 2.04 bits per heavy atom. The third-order valence-corrected chi connectivity index (χ3v) is 5.61. The van der Waals surface area contributed by atoms with Crippen molar-refractivity contribution in [3.8, 4) is 0 Å². The summed E-state index contributed by atoms with van der Waals surface area (Å²) < 4.78 is 26.3. The topological polar surface area (TPSA) is 101 Å². The molecule has 1 aromatic carbocycles. The molecule has 1 unspecified atom stereocenters. The van der Waals surface area contributed by atoms with E-state index >= 15 is 0 Å². The number of nitrogens with zero attached hydrogens (tertiary/aromatic N) is 2. The molecule has 0 aliphatic heterocycles. The summed E-state index contributed by atoms with van der Waals surface area (Å²) >= 11 is 0. The zero-order valence-corrected chi connectivity index (χ0v) is 14.2. The molecule has 0 saturated heterocycles. The van der Waals surface area contributed by atoms with Gasteiger partial charge in [-0.1, -0.05) is 30.3 Å². The molecular weight excluding hydrogens is 330 g/mol. The molecule has 0 saturated carbocycles. The Balaban J connectivity index is 2.03. The van der Waals surface area contributed by atoms with E-state index in [1.807, 2.05) is 30.3 Å². The SMILES string of the molecule is Cn1ccnc1S(=O)(=O)CC(CCCc1ccccc1)C(=O)NO. The number of aromatic nitrogens is 2. The summed E-state index contributed by atoms with van der Waals surface area (Å²) in [6.07, 6.45) is 4.65. The van der Waals surface area contributed by atoms with Crippen molar-refractivity contribution in [2.24, 2.45) is 13.0 Å². The van der Waals surface area contributed by atoms with Gasteiger partial charge >= 0.3 is 0 Å². The number of carbonyl (C=O) groups excluding carboxylic acids is 1. The maximum Gasteiger partial charge on any atom is 0.247 e. The summed E-state index contributed by atoms with van der Waals surface area (Å²) in [6.45, 7) is 0. The molecule has 24 heavy (non-hydrogen) atoms. The number of hydroxylamine groups is 1. The van der Waals surface area contributed by atoms with Crippen molar-refractivity contribution in [2.45, 2.75) is 24.4 Å². The molecule has 1 atom stereocenters. The van der Waals surface area contributed by atoms with E-state index in [0.717, 1.165) is 12.0 Å². The predicted octanol–water partition coefficient (Wildman–Crippen LogP) is 1.34. The van der Waals surface area contributed by atoms with E-state index in [1.54, 1.807) is 12.5 Å². The van der Waals surface area contributed by atoms with Gasteiger partial charge in [-0.15, -0.1) is 0 Å². The smallest absolute Gasteiger partial charge is 0.247 e. The first-order chi connectivity index (χ1) is 11.4. The van der Waals surface area contributed by atoms with E-state index < -0.39 is 21.7 Å². The molecule has 0 spiro atoms. The Hall–Kier alpha value is -2.19. The first-order valence-electron chi connectivity index (χ1n) is 7.62. The first-order valence-corrected chi connectivity index (χ1v) is 9.27. The zero-order valence-electron chi connectivity index (χ0n) is 13.4. The molecule has 130 valence electrons.